The maximum Gasteiger partial charge on any atom is 0.220 e. The van der Waals surface area contributed by atoms with E-state index in [0.29, 0.717) is 12.2 Å². The van der Waals surface area contributed by atoms with Crippen LogP contribution in [0.4, 0.5) is 0 Å². The summed E-state index contributed by atoms with van der Waals surface area (Å²) in [5.74, 6) is 0.732. The molecule has 0 aromatic carbocycles. The van der Waals surface area contributed by atoms with Crippen LogP contribution in [0.5, 0.6) is 0 Å². The molecule has 3 nitrogen and oxygen atoms in total. The zero-order valence-electron chi connectivity index (χ0n) is 20.9. The third kappa shape index (κ3) is 19.7. The van der Waals surface area contributed by atoms with Gasteiger partial charge in [0.1, 0.15) is 5.76 Å². The number of rotatable bonds is 20. The van der Waals surface area contributed by atoms with Gasteiger partial charge < -0.3 is 10.1 Å². The molecule has 0 aliphatic rings. The van der Waals surface area contributed by atoms with Crippen LogP contribution in [0.15, 0.2) is 73.1 Å². The number of allylic oxidation sites excluding steroid dienone is 10. The van der Waals surface area contributed by atoms with Crippen LogP contribution in [0.2, 0.25) is 0 Å². The van der Waals surface area contributed by atoms with Gasteiger partial charge in [-0.1, -0.05) is 94.0 Å². The molecule has 0 radical (unpaired) electrons. The van der Waals surface area contributed by atoms with Crippen LogP contribution in [-0.4, -0.2) is 19.1 Å². The Labute approximate surface area is 198 Å². The molecule has 0 aliphatic heterocycles. The maximum atomic E-state index is 12.1. The topological polar surface area (TPSA) is 38.3 Å². The van der Waals surface area contributed by atoms with E-state index in [-0.39, 0.29) is 11.9 Å². The van der Waals surface area contributed by atoms with Gasteiger partial charge in [-0.25, -0.2) is 0 Å². The largest absolute Gasteiger partial charge is 0.500 e. The molecular formula is C29H47NO2. The van der Waals surface area contributed by atoms with Crippen molar-refractivity contribution in [3.63, 3.8) is 0 Å². The molecule has 1 atom stereocenters. The number of methoxy groups -OCH3 is 1. The molecule has 0 aromatic heterocycles. The summed E-state index contributed by atoms with van der Waals surface area (Å²) >= 11 is 0. The molecule has 1 N–H and O–H groups in total. The molecule has 180 valence electrons. The molecule has 0 saturated heterocycles. The van der Waals surface area contributed by atoms with Crippen molar-refractivity contribution in [2.75, 3.05) is 7.11 Å². The lowest BCUT2D eigenvalue weighted by Gasteiger charge is -2.19. The normalized spacial score (nSPS) is 13.2. The highest BCUT2D eigenvalue weighted by Gasteiger charge is 2.14. The van der Waals surface area contributed by atoms with Crippen molar-refractivity contribution < 1.29 is 9.53 Å². The van der Waals surface area contributed by atoms with Crippen LogP contribution < -0.4 is 5.32 Å². The number of amides is 1. The minimum absolute atomic E-state index is 0.0706. The molecule has 1 amide bonds. The van der Waals surface area contributed by atoms with E-state index in [1.165, 1.54) is 0 Å². The van der Waals surface area contributed by atoms with Crippen molar-refractivity contribution in [2.24, 2.45) is 0 Å². The summed E-state index contributed by atoms with van der Waals surface area (Å²) in [6, 6.07) is -0.0706. The number of hydrogen-bond donors (Lipinski definition) is 1. The van der Waals surface area contributed by atoms with Crippen LogP contribution in [-0.2, 0) is 9.53 Å². The van der Waals surface area contributed by atoms with E-state index >= 15 is 0 Å². The third-order valence-corrected chi connectivity index (χ3v) is 5.00. The quantitative estimate of drug-likeness (QED) is 0.118. The number of hydrogen-bond acceptors (Lipinski definition) is 2. The van der Waals surface area contributed by atoms with Crippen LogP contribution in [0.3, 0.4) is 0 Å². The average molecular weight is 442 g/mol. The predicted molar refractivity (Wildman–Crippen MR) is 141 cm³/mol. The van der Waals surface area contributed by atoms with Gasteiger partial charge in [-0.15, -0.1) is 0 Å². The summed E-state index contributed by atoms with van der Waals surface area (Å²) < 4.78 is 5.18. The second kappa shape index (κ2) is 23.4. The summed E-state index contributed by atoms with van der Waals surface area (Å²) in [4.78, 5) is 12.1. The van der Waals surface area contributed by atoms with Crippen molar-refractivity contribution in [3.05, 3.63) is 73.1 Å². The number of ether oxygens (including phenoxy) is 1. The number of carbonyl (C=O) groups excluding carboxylic acids is 1. The Morgan fingerprint density at radius 1 is 0.812 bits per heavy atom. The smallest absolute Gasteiger partial charge is 0.220 e. The first-order chi connectivity index (χ1) is 15.7. The van der Waals surface area contributed by atoms with Crippen LogP contribution in [0.25, 0.3) is 0 Å². The Morgan fingerprint density at radius 2 is 1.34 bits per heavy atom. The van der Waals surface area contributed by atoms with E-state index in [1.54, 1.807) is 7.11 Å². The highest BCUT2D eigenvalue weighted by Crippen LogP contribution is 2.09. The Kier molecular flexibility index (Phi) is 21.7. The molecule has 0 spiro atoms. The fourth-order valence-corrected chi connectivity index (χ4v) is 3.10. The molecular weight excluding hydrogens is 394 g/mol. The maximum absolute atomic E-state index is 12.1. The third-order valence-electron chi connectivity index (χ3n) is 5.00. The summed E-state index contributed by atoms with van der Waals surface area (Å²) in [6.07, 6.45) is 34.0. The number of unbranched alkanes of at least 4 members (excludes halogenated alkanes) is 3. The molecule has 0 aromatic rings. The Balaban J connectivity index is 3.67. The van der Waals surface area contributed by atoms with Crippen molar-refractivity contribution in [2.45, 2.75) is 96.9 Å². The highest BCUT2D eigenvalue weighted by atomic mass is 16.5. The molecule has 0 fully saturated rings. The summed E-state index contributed by atoms with van der Waals surface area (Å²) in [6.45, 7) is 8.13. The van der Waals surface area contributed by atoms with Crippen molar-refractivity contribution in [1.29, 1.82) is 0 Å². The molecule has 32 heavy (non-hydrogen) atoms. The minimum Gasteiger partial charge on any atom is -0.500 e. The van der Waals surface area contributed by atoms with Gasteiger partial charge in [0.25, 0.3) is 0 Å². The summed E-state index contributed by atoms with van der Waals surface area (Å²) in [5.41, 5.74) is 0. The Morgan fingerprint density at radius 3 is 1.84 bits per heavy atom. The standard InChI is InChI=1S/C29H47NO2/c1-5-7-8-9-10-11-12-13-14-15-16-17-18-19-20-21-22-23-24-26-29(31)30-28(25-6-2)27(3)32-4/h7-8,10-11,13-14,16-17,19-20,28H,3,5-6,9,12,15,18,21-26H2,1-2,4H3,(H,30,31)/b8-7-,11-10-,14-13-,17-16-,20-19-. The van der Waals surface area contributed by atoms with Gasteiger partial charge in [-0.2, -0.15) is 0 Å². The van der Waals surface area contributed by atoms with Crippen LogP contribution in [0.1, 0.15) is 90.9 Å². The van der Waals surface area contributed by atoms with Crippen LogP contribution in [0, 0.1) is 0 Å². The van der Waals surface area contributed by atoms with Gasteiger partial charge in [0, 0.05) is 6.42 Å². The summed E-state index contributed by atoms with van der Waals surface area (Å²) in [7, 11) is 1.60. The lowest BCUT2D eigenvalue weighted by molar-refractivity contribution is -0.122. The Bertz CT molecular complexity index is 611. The zero-order valence-corrected chi connectivity index (χ0v) is 20.9. The highest BCUT2D eigenvalue weighted by molar-refractivity contribution is 5.76. The molecule has 3 heteroatoms. The Hall–Kier alpha value is -2.29. The van der Waals surface area contributed by atoms with Crippen molar-refractivity contribution >= 4 is 5.91 Å². The van der Waals surface area contributed by atoms with Gasteiger partial charge in [-0.05, 0) is 57.8 Å². The fraction of sp³-hybridized carbons (Fsp3) is 0.552. The van der Waals surface area contributed by atoms with Gasteiger partial charge in [0.15, 0.2) is 0 Å². The lowest BCUT2D eigenvalue weighted by atomic mass is 10.1. The van der Waals surface area contributed by atoms with Crippen LogP contribution >= 0.6 is 0 Å². The SMILES string of the molecule is C=C(OC)C(CCC)NC(=O)CCCCC/C=C\C/C=C\C/C=C\C/C=C\C/C=C\CC. The monoisotopic (exact) mass is 441 g/mol. The second-order valence-corrected chi connectivity index (χ2v) is 7.89. The fourth-order valence-electron chi connectivity index (χ4n) is 3.10. The second-order valence-electron chi connectivity index (χ2n) is 7.89. The summed E-state index contributed by atoms with van der Waals surface area (Å²) in [5, 5.41) is 3.03. The van der Waals surface area contributed by atoms with E-state index in [1.807, 2.05) is 0 Å². The predicted octanol–water partition coefficient (Wildman–Crippen LogP) is 8.13. The zero-order chi connectivity index (χ0) is 23.7. The van der Waals surface area contributed by atoms with E-state index < -0.39 is 0 Å². The molecule has 0 heterocycles. The van der Waals surface area contributed by atoms with E-state index in [2.05, 4.69) is 86.5 Å². The molecule has 0 rings (SSSR count). The molecule has 1 unspecified atom stereocenters. The van der Waals surface area contributed by atoms with Gasteiger partial charge in [0.05, 0.1) is 13.2 Å². The minimum atomic E-state index is -0.0706. The average Bonchev–Trinajstić information content (AvgIpc) is 2.79. The van der Waals surface area contributed by atoms with Gasteiger partial charge in [-0.3, -0.25) is 4.79 Å². The number of nitrogens with one attached hydrogen (secondary N) is 1. The molecule has 0 saturated carbocycles. The molecule has 0 aliphatic carbocycles. The first-order valence-electron chi connectivity index (χ1n) is 12.4. The van der Waals surface area contributed by atoms with E-state index in [4.69, 9.17) is 4.74 Å². The van der Waals surface area contributed by atoms with Gasteiger partial charge in [0.2, 0.25) is 5.91 Å². The lowest BCUT2D eigenvalue weighted by Crippen LogP contribution is -2.36. The van der Waals surface area contributed by atoms with E-state index in [9.17, 15) is 4.79 Å². The first kappa shape index (κ1) is 29.7. The van der Waals surface area contributed by atoms with Gasteiger partial charge >= 0.3 is 0 Å². The number of carbonyl (C=O) groups is 1. The van der Waals surface area contributed by atoms with Crippen molar-refractivity contribution in [3.8, 4) is 0 Å². The van der Waals surface area contributed by atoms with Crippen molar-refractivity contribution in [1.82, 2.24) is 5.32 Å². The van der Waals surface area contributed by atoms with E-state index in [0.717, 1.165) is 70.6 Å². The first-order valence-corrected chi connectivity index (χ1v) is 12.4. The molecule has 0 bridgehead atoms.